The van der Waals surface area contributed by atoms with Crippen LogP contribution in [0.15, 0.2) is 12.1 Å². The monoisotopic (exact) mass is 264 g/mol. The summed E-state index contributed by atoms with van der Waals surface area (Å²) in [5.74, 6) is 0.918. The van der Waals surface area contributed by atoms with Gasteiger partial charge in [0.15, 0.2) is 0 Å². The molecule has 0 heterocycles. The summed E-state index contributed by atoms with van der Waals surface area (Å²) >= 11 is 0. The van der Waals surface area contributed by atoms with E-state index in [1.165, 1.54) is 0 Å². The highest BCUT2D eigenvalue weighted by Crippen LogP contribution is 2.28. The Balaban J connectivity index is 2.87. The molecule has 0 saturated heterocycles. The quantitative estimate of drug-likeness (QED) is 0.826. The van der Waals surface area contributed by atoms with Crippen LogP contribution >= 0.6 is 0 Å². The number of hydrogen-bond acceptors (Lipinski definition) is 2. The van der Waals surface area contributed by atoms with Crippen LogP contribution in [0.4, 0.5) is 10.5 Å². The molecule has 2 amide bonds. The fourth-order valence-corrected chi connectivity index (χ4v) is 2.08. The number of anilines is 1. The van der Waals surface area contributed by atoms with Gasteiger partial charge in [0, 0.05) is 12.2 Å². The molecular weight excluding hydrogens is 240 g/mol. The third-order valence-corrected chi connectivity index (χ3v) is 2.87. The number of nitrogens with one attached hydrogen (secondary N) is 2. The van der Waals surface area contributed by atoms with E-state index < -0.39 is 0 Å². The lowest BCUT2D eigenvalue weighted by Crippen LogP contribution is -2.29. The van der Waals surface area contributed by atoms with E-state index in [0.29, 0.717) is 6.54 Å². The molecule has 1 rings (SSSR count). The van der Waals surface area contributed by atoms with E-state index in [4.69, 9.17) is 4.74 Å². The summed E-state index contributed by atoms with van der Waals surface area (Å²) in [6.45, 7) is 6.83. The molecular formula is C15H24N2O2. The third-order valence-electron chi connectivity index (χ3n) is 2.87. The van der Waals surface area contributed by atoms with E-state index in [0.717, 1.165) is 41.8 Å². The summed E-state index contributed by atoms with van der Waals surface area (Å²) in [7, 11) is 1.68. The average molecular weight is 264 g/mol. The number of hydrogen-bond donors (Lipinski definition) is 2. The molecule has 0 atom stereocenters. The number of methoxy groups -OCH3 is 1. The van der Waals surface area contributed by atoms with Crippen molar-refractivity contribution in [1.29, 1.82) is 0 Å². The van der Waals surface area contributed by atoms with Crippen molar-refractivity contribution in [3.63, 3.8) is 0 Å². The normalized spacial score (nSPS) is 10.1. The fourth-order valence-electron chi connectivity index (χ4n) is 2.08. The number of carbonyl (C=O) groups excluding carboxylic acids is 1. The van der Waals surface area contributed by atoms with E-state index in [9.17, 15) is 4.79 Å². The van der Waals surface area contributed by atoms with Crippen LogP contribution < -0.4 is 15.4 Å². The van der Waals surface area contributed by atoms with Crippen LogP contribution in [0, 0.1) is 6.92 Å². The van der Waals surface area contributed by atoms with Crippen LogP contribution in [0.3, 0.4) is 0 Å². The molecule has 0 bridgehead atoms. The minimum atomic E-state index is -0.158. The van der Waals surface area contributed by atoms with Crippen LogP contribution in [-0.4, -0.2) is 19.7 Å². The molecule has 4 nitrogen and oxygen atoms in total. The maximum absolute atomic E-state index is 11.7. The highest BCUT2D eigenvalue weighted by atomic mass is 16.5. The smallest absolute Gasteiger partial charge is 0.319 e. The van der Waals surface area contributed by atoms with Crippen LogP contribution in [0.25, 0.3) is 0 Å². The number of ether oxygens (including phenoxy) is 1. The number of rotatable bonds is 6. The van der Waals surface area contributed by atoms with Crippen molar-refractivity contribution < 1.29 is 9.53 Å². The molecule has 0 aliphatic heterocycles. The first-order valence-corrected chi connectivity index (χ1v) is 6.84. The summed E-state index contributed by atoms with van der Waals surface area (Å²) in [4.78, 5) is 11.7. The molecule has 4 heteroatoms. The summed E-state index contributed by atoms with van der Waals surface area (Å²) < 4.78 is 5.43. The maximum Gasteiger partial charge on any atom is 0.319 e. The van der Waals surface area contributed by atoms with E-state index in [1.807, 2.05) is 26.0 Å². The summed E-state index contributed by atoms with van der Waals surface area (Å²) in [6, 6.07) is 3.76. The average Bonchev–Trinajstić information content (AvgIpc) is 2.36. The molecule has 0 aliphatic rings. The SMILES string of the molecule is CCCNC(=O)Nc1cc(C)c(OC)c(CCC)c1. The number of aryl methyl sites for hydroxylation is 2. The Morgan fingerprint density at radius 2 is 2.00 bits per heavy atom. The molecule has 106 valence electrons. The Hall–Kier alpha value is -1.71. The Kier molecular flexibility index (Phi) is 6.19. The molecule has 1 aromatic carbocycles. The van der Waals surface area contributed by atoms with Crippen molar-refractivity contribution in [3.05, 3.63) is 23.3 Å². The molecule has 0 fully saturated rings. The van der Waals surface area contributed by atoms with Gasteiger partial charge in [0.05, 0.1) is 7.11 Å². The van der Waals surface area contributed by atoms with E-state index in [-0.39, 0.29) is 6.03 Å². The number of urea groups is 1. The third kappa shape index (κ3) is 4.47. The van der Waals surface area contributed by atoms with Crippen molar-refractivity contribution in [2.75, 3.05) is 19.0 Å². The minimum Gasteiger partial charge on any atom is -0.496 e. The fraction of sp³-hybridized carbons (Fsp3) is 0.533. The number of benzene rings is 1. The topological polar surface area (TPSA) is 50.4 Å². The second kappa shape index (κ2) is 7.67. The first kappa shape index (κ1) is 15.3. The first-order valence-electron chi connectivity index (χ1n) is 6.84. The molecule has 19 heavy (non-hydrogen) atoms. The van der Waals surface area contributed by atoms with Gasteiger partial charge in [0.1, 0.15) is 5.75 Å². The second-order valence-corrected chi connectivity index (χ2v) is 4.62. The van der Waals surface area contributed by atoms with Crippen molar-refractivity contribution in [1.82, 2.24) is 5.32 Å². The van der Waals surface area contributed by atoms with Gasteiger partial charge >= 0.3 is 6.03 Å². The van der Waals surface area contributed by atoms with Gasteiger partial charge in [0.2, 0.25) is 0 Å². The van der Waals surface area contributed by atoms with Gasteiger partial charge < -0.3 is 15.4 Å². The Labute approximate surface area is 115 Å². The number of amides is 2. The molecule has 0 radical (unpaired) electrons. The van der Waals surface area contributed by atoms with Crippen LogP contribution in [0.2, 0.25) is 0 Å². The molecule has 0 spiro atoms. The van der Waals surface area contributed by atoms with Crippen molar-refractivity contribution in [2.24, 2.45) is 0 Å². The standard InChI is InChI=1S/C15H24N2O2/c1-5-7-12-10-13(9-11(3)14(12)19-4)17-15(18)16-8-6-2/h9-10H,5-8H2,1-4H3,(H2,16,17,18). The van der Waals surface area contributed by atoms with Gasteiger partial charge in [-0.15, -0.1) is 0 Å². The molecule has 0 saturated carbocycles. The summed E-state index contributed by atoms with van der Waals surface area (Å²) in [5, 5.41) is 5.66. The van der Waals surface area contributed by atoms with Gasteiger partial charge in [-0.2, -0.15) is 0 Å². The summed E-state index contributed by atoms with van der Waals surface area (Å²) in [5.41, 5.74) is 2.99. The van der Waals surface area contributed by atoms with Gasteiger partial charge in [-0.1, -0.05) is 20.3 Å². The predicted molar refractivity (Wildman–Crippen MR) is 79.0 cm³/mol. The number of carbonyl (C=O) groups is 1. The van der Waals surface area contributed by atoms with Gasteiger partial charge in [-0.25, -0.2) is 4.79 Å². The zero-order valence-electron chi connectivity index (χ0n) is 12.3. The van der Waals surface area contributed by atoms with Crippen LogP contribution in [-0.2, 0) is 6.42 Å². The van der Waals surface area contributed by atoms with Gasteiger partial charge in [-0.3, -0.25) is 0 Å². The Morgan fingerprint density at radius 3 is 2.58 bits per heavy atom. The Bertz CT molecular complexity index is 430. The lowest BCUT2D eigenvalue weighted by atomic mass is 10.0. The lowest BCUT2D eigenvalue weighted by molar-refractivity contribution is 0.252. The van der Waals surface area contributed by atoms with Crippen molar-refractivity contribution in [3.8, 4) is 5.75 Å². The van der Waals surface area contributed by atoms with Gasteiger partial charge in [-0.05, 0) is 43.0 Å². The molecule has 2 N–H and O–H groups in total. The second-order valence-electron chi connectivity index (χ2n) is 4.62. The van der Waals surface area contributed by atoms with Gasteiger partial charge in [0.25, 0.3) is 0 Å². The van der Waals surface area contributed by atoms with E-state index in [1.54, 1.807) is 7.11 Å². The van der Waals surface area contributed by atoms with Crippen molar-refractivity contribution in [2.45, 2.75) is 40.0 Å². The minimum absolute atomic E-state index is 0.158. The van der Waals surface area contributed by atoms with Crippen molar-refractivity contribution >= 4 is 11.7 Å². The van der Waals surface area contributed by atoms with E-state index >= 15 is 0 Å². The molecule has 1 aromatic rings. The van der Waals surface area contributed by atoms with Crippen LogP contribution in [0.1, 0.15) is 37.8 Å². The van der Waals surface area contributed by atoms with E-state index in [2.05, 4.69) is 17.6 Å². The first-order chi connectivity index (χ1) is 9.12. The molecule has 0 unspecified atom stereocenters. The summed E-state index contributed by atoms with van der Waals surface area (Å²) in [6.07, 6.45) is 2.91. The predicted octanol–water partition coefficient (Wildman–Crippen LogP) is 3.49. The lowest BCUT2D eigenvalue weighted by Gasteiger charge is -2.14. The highest BCUT2D eigenvalue weighted by molar-refractivity contribution is 5.89. The molecule has 0 aliphatic carbocycles. The van der Waals surface area contributed by atoms with Crippen LogP contribution in [0.5, 0.6) is 5.75 Å². The molecule has 0 aromatic heterocycles. The maximum atomic E-state index is 11.7. The Morgan fingerprint density at radius 1 is 1.26 bits per heavy atom. The zero-order chi connectivity index (χ0) is 14.3. The largest absolute Gasteiger partial charge is 0.496 e. The zero-order valence-corrected chi connectivity index (χ0v) is 12.3. The highest BCUT2D eigenvalue weighted by Gasteiger charge is 2.09.